The van der Waals surface area contributed by atoms with Crippen molar-refractivity contribution < 1.29 is 0 Å². The summed E-state index contributed by atoms with van der Waals surface area (Å²) in [6.07, 6.45) is 2.64. The van der Waals surface area contributed by atoms with Crippen LogP contribution in [0, 0.1) is 0 Å². The van der Waals surface area contributed by atoms with Crippen molar-refractivity contribution in [1.29, 1.82) is 0 Å². The van der Waals surface area contributed by atoms with Gasteiger partial charge in [-0.1, -0.05) is 48.5 Å². The van der Waals surface area contributed by atoms with Gasteiger partial charge >= 0.3 is 0 Å². The number of nitrogens with two attached hydrogens (primary N) is 1. The first-order chi connectivity index (χ1) is 7.29. The van der Waals surface area contributed by atoms with Crippen molar-refractivity contribution in [3.8, 4) is 0 Å². The van der Waals surface area contributed by atoms with Crippen LogP contribution in [0.1, 0.15) is 5.56 Å². The zero-order chi connectivity index (χ0) is 10.7. The zero-order valence-corrected chi connectivity index (χ0v) is 8.69. The molecule has 2 N–H and O–H groups in total. The molecule has 0 bridgehead atoms. The first kappa shape index (κ1) is 9.94. The Kier molecular flexibility index (Phi) is 2.84. The highest BCUT2D eigenvalue weighted by Crippen LogP contribution is 2.16. The molecule has 0 aromatic heterocycles. The summed E-state index contributed by atoms with van der Waals surface area (Å²) in [7, 11) is 0. The Bertz CT molecular complexity index is 473. The summed E-state index contributed by atoms with van der Waals surface area (Å²) >= 11 is 0. The van der Waals surface area contributed by atoms with Gasteiger partial charge in [-0.05, 0) is 22.8 Å². The van der Waals surface area contributed by atoms with E-state index in [1.54, 1.807) is 6.08 Å². The van der Waals surface area contributed by atoms with Gasteiger partial charge in [-0.2, -0.15) is 0 Å². The van der Waals surface area contributed by atoms with Crippen molar-refractivity contribution in [3.05, 3.63) is 60.7 Å². The maximum absolute atomic E-state index is 5.83. The Morgan fingerprint density at radius 2 is 1.87 bits per heavy atom. The molecule has 1 nitrogen and oxygen atoms in total. The summed E-state index contributed by atoms with van der Waals surface area (Å²) in [6.45, 7) is 3.69. The van der Waals surface area contributed by atoms with Gasteiger partial charge in [0.15, 0.2) is 0 Å². The summed E-state index contributed by atoms with van der Waals surface area (Å²) in [6, 6.07) is 14.9. The van der Waals surface area contributed by atoms with E-state index >= 15 is 0 Å². The lowest BCUT2D eigenvalue weighted by atomic mass is 10.0. The van der Waals surface area contributed by atoms with Crippen molar-refractivity contribution >= 4 is 10.8 Å². The van der Waals surface area contributed by atoms with Crippen LogP contribution in [0.3, 0.4) is 0 Å². The van der Waals surface area contributed by atoms with Gasteiger partial charge in [0.25, 0.3) is 0 Å². The lowest BCUT2D eigenvalue weighted by Crippen LogP contribution is -2.19. The van der Waals surface area contributed by atoms with Crippen molar-refractivity contribution in [3.63, 3.8) is 0 Å². The van der Waals surface area contributed by atoms with Gasteiger partial charge in [-0.25, -0.2) is 0 Å². The molecule has 0 saturated heterocycles. The minimum atomic E-state index is 0.0474. The van der Waals surface area contributed by atoms with Gasteiger partial charge < -0.3 is 5.73 Å². The highest BCUT2D eigenvalue weighted by Gasteiger charge is 2.00. The summed E-state index contributed by atoms with van der Waals surface area (Å²) in [5.41, 5.74) is 7.10. The molecule has 2 rings (SSSR count). The van der Waals surface area contributed by atoms with Crippen LogP contribution < -0.4 is 5.73 Å². The lowest BCUT2D eigenvalue weighted by Gasteiger charge is -2.07. The number of fused-ring (bicyclic) bond motifs is 1. The number of hydrogen-bond donors (Lipinski definition) is 1. The SMILES string of the molecule is C=CC(N)Cc1ccc2ccccc2c1. The number of benzene rings is 2. The molecular weight excluding hydrogens is 182 g/mol. The molecule has 0 heterocycles. The molecule has 2 aromatic carbocycles. The van der Waals surface area contributed by atoms with Crippen LogP contribution >= 0.6 is 0 Å². The number of rotatable bonds is 3. The molecule has 0 aliphatic heterocycles. The Morgan fingerprint density at radius 3 is 2.60 bits per heavy atom. The van der Waals surface area contributed by atoms with Crippen LogP contribution in [0.5, 0.6) is 0 Å². The van der Waals surface area contributed by atoms with Crippen molar-refractivity contribution in [2.75, 3.05) is 0 Å². The van der Waals surface area contributed by atoms with Crippen molar-refractivity contribution in [1.82, 2.24) is 0 Å². The zero-order valence-electron chi connectivity index (χ0n) is 8.69. The number of hydrogen-bond acceptors (Lipinski definition) is 1. The minimum absolute atomic E-state index is 0.0474. The molecule has 0 amide bonds. The second-order valence-corrected chi connectivity index (χ2v) is 3.79. The fraction of sp³-hybridized carbons (Fsp3) is 0.143. The van der Waals surface area contributed by atoms with E-state index < -0.39 is 0 Å². The largest absolute Gasteiger partial charge is 0.324 e. The molecule has 0 radical (unpaired) electrons. The molecule has 15 heavy (non-hydrogen) atoms. The third-order valence-corrected chi connectivity index (χ3v) is 2.59. The maximum Gasteiger partial charge on any atom is 0.0262 e. The van der Waals surface area contributed by atoms with Gasteiger partial charge in [0.05, 0.1) is 0 Å². The molecule has 1 unspecified atom stereocenters. The normalized spacial score (nSPS) is 12.6. The summed E-state index contributed by atoms with van der Waals surface area (Å²) in [5.74, 6) is 0. The van der Waals surface area contributed by atoms with Crippen molar-refractivity contribution in [2.45, 2.75) is 12.5 Å². The van der Waals surface area contributed by atoms with E-state index in [1.807, 2.05) is 0 Å². The molecule has 2 aromatic rings. The van der Waals surface area contributed by atoms with Gasteiger partial charge in [0.1, 0.15) is 0 Å². The Balaban J connectivity index is 2.34. The first-order valence-electron chi connectivity index (χ1n) is 5.15. The standard InChI is InChI=1S/C14H15N/c1-2-14(15)10-11-7-8-12-5-3-4-6-13(12)9-11/h2-9,14H,1,10,15H2. The van der Waals surface area contributed by atoms with Gasteiger partial charge in [0.2, 0.25) is 0 Å². The predicted molar refractivity (Wildman–Crippen MR) is 65.8 cm³/mol. The van der Waals surface area contributed by atoms with E-state index in [0.29, 0.717) is 0 Å². The van der Waals surface area contributed by atoms with Crippen LogP contribution in [0.2, 0.25) is 0 Å². The molecule has 1 atom stereocenters. The second kappa shape index (κ2) is 4.28. The molecule has 0 spiro atoms. The molecule has 76 valence electrons. The van der Waals surface area contributed by atoms with Crippen LogP contribution in [-0.2, 0) is 6.42 Å². The second-order valence-electron chi connectivity index (χ2n) is 3.79. The molecular formula is C14H15N. The third kappa shape index (κ3) is 2.25. The molecule has 0 saturated carbocycles. The highest BCUT2D eigenvalue weighted by molar-refractivity contribution is 5.82. The summed E-state index contributed by atoms with van der Waals surface area (Å²) < 4.78 is 0. The predicted octanol–water partition coefficient (Wildman–Crippen LogP) is 2.90. The minimum Gasteiger partial charge on any atom is -0.324 e. The smallest absolute Gasteiger partial charge is 0.0262 e. The fourth-order valence-corrected chi connectivity index (χ4v) is 1.72. The molecule has 0 fully saturated rings. The van der Waals surface area contributed by atoms with Crippen LogP contribution in [0.15, 0.2) is 55.1 Å². The Labute approximate surface area is 90.2 Å². The summed E-state index contributed by atoms with van der Waals surface area (Å²) in [5, 5.41) is 2.54. The van der Waals surface area contributed by atoms with Crippen molar-refractivity contribution in [2.24, 2.45) is 5.73 Å². The van der Waals surface area contributed by atoms with Gasteiger partial charge in [0, 0.05) is 6.04 Å². The van der Waals surface area contributed by atoms with Crippen LogP contribution in [0.4, 0.5) is 0 Å². The van der Waals surface area contributed by atoms with Gasteiger partial charge in [-0.15, -0.1) is 6.58 Å². The Hall–Kier alpha value is -1.60. The van der Waals surface area contributed by atoms with E-state index in [1.165, 1.54) is 16.3 Å². The Morgan fingerprint density at radius 1 is 1.13 bits per heavy atom. The monoisotopic (exact) mass is 197 g/mol. The lowest BCUT2D eigenvalue weighted by molar-refractivity contribution is 0.813. The third-order valence-electron chi connectivity index (χ3n) is 2.59. The van der Waals surface area contributed by atoms with E-state index in [-0.39, 0.29) is 6.04 Å². The summed E-state index contributed by atoms with van der Waals surface area (Å²) in [4.78, 5) is 0. The molecule has 1 heteroatoms. The van der Waals surface area contributed by atoms with Gasteiger partial charge in [-0.3, -0.25) is 0 Å². The maximum atomic E-state index is 5.83. The highest BCUT2D eigenvalue weighted by atomic mass is 14.6. The topological polar surface area (TPSA) is 26.0 Å². The average molecular weight is 197 g/mol. The quantitative estimate of drug-likeness (QED) is 0.752. The van der Waals surface area contributed by atoms with Crippen LogP contribution in [0.25, 0.3) is 10.8 Å². The van der Waals surface area contributed by atoms with E-state index in [2.05, 4.69) is 49.0 Å². The average Bonchev–Trinajstić information content (AvgIpc) is 2.29. The van der Waals surface area contributed by atoms with Crippen LogP contribution in [-0.4, -0.2) is 6.04 Å². The van der Waals surface area contributed by atoms with E-state index in [9.17, 15) is 0 Å². The first-order valence-corrected chi connectivity index (χ1v) is 5.15. The van der Waals surface area contributed by atoms with E-state index in [0.717, 1.165) is 6.42 Å². The van der Waals surface area contributed by atoms with E-state index in [4.69, 9.17) is 5.73 Å². The fourth-order valence-electron chi connectivity index (χ4n) is 1.72. The molecule has 0 aliphatic rings. The molecule has 0 aliphatic carbocycles.